The number of carbonyl (C=O) groups is 2. The van der Waals surface area contributed by atoms with Gasteiger partial charge in [-0.2, -0.15) is 0 Å². The summed E-state index contributed by atoms with van der Waals surface area (Å²) in [5.74, 6) is -0.944. The minimum atomic E-state index is -4.66. The number of hydrogen-bond acceptors (Lipinski definition) is 9. The Bertz CT molecular complexity index is 1340. The smallest absolute Gasteiger partial charge is 0.306 e. The van der Waals surface area contributed by atoms with E-state index in [0.717, 1.165) is 89.9 Å². The van der Waals surface area contributed by atoms with Gasteiger partial charge in [-0.05, 0) is 83.5 Å². The molecule has 0 aliphatic carbocycles. The molecule has 0 rings (SSSR count). The van der Waals surface area contributed by atoms with E-state index in [1.165, 1.54) is 32.1 Å². The monoisotopic (exact) mass is 890 g/mol. The van der Waals surface area contributed by atoms with Gasteiger partial charge in [0.1, 0.15) is 19.8 Å². The Hall–Kier alpha value is -2.85. The zero-order valence-corrected chi connectivity index (χ0v) is 40.5. The lowest BCUT2D eigenvalue weighted by Gasteiger charge is -2.28. The Morgan fingerprint density at radius 2 is 1.05 bits per heavy atom. The molecule has 0 saturated heterocycles. The lowest BCUT2D eigenvalue weighted by molar-refractivity contribution is -0.870. The van der Waals surface area contributed by atoms with E-state index < -0.39 is 32.5 Å². The Balaban J connectivity index is 4.46. The van der Waals surface area contributed by atoms with Crippen LogP contribution in [0.25, 0.3) is 0 Å². The van der Waals surface area contributed by atoms with Crippen molar-refractivity contribution in [1.29, 1.82) is 0 Å². The summed E-state index contributed by atoms with van der Waals surface area (Å²) >= 11 is 0. The topological polar surface area (TPSA) is 131 Å². The van der Waals surface area contributed by atoms with Crippen LogP contribution in [0.1, 0.15) is 168 Å². The lowest BCUT2D eigenvalue weighted by atomic mass is 10.1. The average Bonchev–Trinajstić information content (AvgIpc) is 3.22. The Morgan fingerprint density at radius 1 is 0.581 bits per heavy atom. The molecule has 11 heteroatoms. The summed E-state index contributed by atoms with van der Waals surface area (Å²) < 4.78 is 33.9. The van der Waals surface area contributed by atoms with Crippen molar-refractivity contribution in [2.75, 3.05) is 47.5 Å². The SMILES string of the molecule is CCCCCC/C=C\C/C=C\C/C=C\CCCCCCCCC(=O)OC[C@H](COP(=O)([O-])OCC[N+](C)(C)C)OC(=O)CCC/C=C\C/C=C\C/C=C\C/C=C\[C@H](O)CCCC. The summed E-state index contributed by atoms with van der Waals surface area (Å²) in [6, 6.07) is 0. The molecule has 0 aromatic rings. The van der Waals surface area contributed by atoms with Gasteiger partial charge in [0.05, 0.1) is 33.9 Å². The van der Waals surface area contributed by atoms with Crippen LogP contribution in [0.15, 0.2) is 85.1 Å². The minimum Gasteiger partial charge on any atom is -0.756 e. The molecule has 1 unspecified atom stereocenters. The van der Waals surface area contributed by atoms with Gasteiger partial charge >= 0.3 is 11.9 Å². The molecule has 0 aromatic carbocycles. The van der Waals surface area contributed by atoms with Gasteiger partial charge in [-0.1, -0.05) is 157 Å². The van der Waals surface area contributed by atoms with Gasteiger partial charge in [-0.15, -0.1) is 0 Å². The maximum Gasteiger partial charge on any atom is 0.306 e. The van der Waals surface area contributed by atoms with Crippen LogP contribution in [0.4, 0.5) is 0 Å². The summed E-state index contributed by atoms with van der Waals surface area (Å²) in [6.07, 6.45) is 50.9. The minimum absolute atomic E-state index is 0.0553. The quantitative estimate of drug-likeness (QED) is 0.0209. The number of carbonyl (C=O) groups excluding carboxylic acids is 2. The zero-order chi connectivity index (χ0) is 45.8. The predicted octanol–water partition coefficient (Wildman–Crippen LogP) is 12.3. The van der Waals surface area contributed by atoms with Gasteiger partial charge in [-0.25, -0.2) is 0 Å². The van der Waals surface area contributed by atoms with Crippen LogP contribution in [-0.2, 0) is 32.7 Å². The van der Waals surface area contributed by atoms with Crippen LogP contribution < -0.4 is 4.89 Å². The van der Waals surface area contributed by atoms with Crippen LogP contribution in [0.5, 0.6) is 0 Å². The average molecular weight is 890 g/mol. The molecule has 0 aliphatic heterocycles. The van der Waals surface area contributed by atoms with E-state index in [-0.39, 0.29) is 32.2 Å². The fraction of sp³-hybridized carbons (Fsp3) is 0.686. The van der Waals surface area contributed by atoms with Gasteiger partial charge in [0.15, 0.2) is 6.10 Å². The number of ether oxygens (including phenoxy) is 2. The van der Waals surface area contributed by atoms with Crippen molar-refractivity contribution in [3.63, 3.8) is 0 Å². The molecule has 0 aromatic heterocycles. The van der Waals surface area contributed by atoms with Crippen molar-refractivity contribution in [3.8, 4) is 0 Å². The Morgan fingerprint density at radius 3 is 1.60 bits per heavy atom. The van der Waals surface area contributed by atoms with Crippen LogP contribution in [0.2, 0.25) is 0 Å². The number of unbranched alkanes of at least 4 members (excludes halogenated alkanes) is 12. The van der Waals surface area contributed by atoms with E-state index in [0.29, 0.717) is 30.3 Å². The summed E-state index contributed by atoms with van der Waals surface area (Å²) in [6.45, 7) is 3.94. The third-order valence-electron chi connectivity index (χ3n) is 9.71. The van der Waals surface area contributed by atoms with E-state index in [9.17, 15) is 24.2 Å². The second kappa shape index (κ2) is 42.1. The highest BCUT2D eigenvalue weighted by atomic mass is 31.2. The molecule has 0 fully saturated rings. The number of likely N-dealkylation sites (N-methyl/N-ethyl adjacent to an activating group) is 1. The van der Waals surface area contributed by atoms with Gasteiger partial charge < -0.3 is 33.0 Å². The van der Waals surface area contributed by atoms with Gasteiger partial charge in [0, 0.05) is 12.8 Å². The van der Waals surface area contributed by atoms with Crippen molar-refractivity contribution in [3.05, 3.63) is 85.1 Å². The molecule has 0 aliphatic rings. The van der Waals surface area contributed by atoms with Gasteiger partial charge in [0.25, 0.3) is 7.82 Å². The summed E-state index contributed by atoms with van der Waals surface area (Å²) in [7, 11) is 1.08. The highest BCUT2D eigenvalue weighted by Crippen LogP contribution is 2.38. The maximum atomic E-state index is 12.7. The fourth-order valence-electron chi connectivity index (χ4n) is 5.91. The highest BCUT2D eigenvalue weighted by molar-refractivity contribution is 7.45. The molecule has 62 heavy (non-hydrogen) atoms. The van der Waals surface area contributed by atoms with Crippen LogP contribution >= 0.6 is 7.82 Å². The predicted molar refractivity (Wildman–Crippen MR) is 255 cm³/mol. The summed E-state index contributed by atoms with van der Waals surface area (Å²) in [5.41, 5.74) is 0. The zero-order valence-electron chi connectivity index (χ0n) is 39.6. The first-order valence-electron chi connectivity index (χ1n) is 23.9. The standard InChI is InChI=1S/C51H88NO9P/c1-6-8-10-11-12-13-14-15-16-17-18-19-20-21-22-26-29-32-35-38-42-50(54)58-46-49(47-60-62(56,57)59-45-44-52(3,4)5)61-51(55)43-39-36-33-30-27-24-23-25-28-31-34-37-41-48(53)40-9-7-2/h13-14,16-17,19-20,23-24,28,30-31,33,37,41,48-49,53H,6-12,15,18,21-22,25-27,29,32,34-36,38-40,42-47H2,1-5H3/b14-13-,17-16-,20-19-,24-23-,31-28-,33-30-,41-37-/t48-,49-/m1/s1. The van der Waals surface area contributed by atoms with E-state index >= 15 is 0 Å². The van der Waals surface area contributed by atoms with Gasteiger partial charge in [0.2, 0.25) is 0 Å². The Kier molecular flexibility index (Phi) is 40.2. The molecule has 1 N–H and O–H groups in total. The molecule has 356 valence electrons. The number of phosphoric ester groups is 1. The maximum absolute atomic E-state index is 12.7. The molecule has 10 nitrogen and oxygen atoms in total. The Labute approximate surface area is 378 Å². The lowest BCUT2D eigenvalue weighted by Crippen LogP contribution is -2.37. The number of esters is 2. The second-order valence-electron chi connectivity index (χ2n) is 16.9. The number of rotatable bonds is 42. The number of allylic oxidation sites excluding steroid dienone is 13. The number of aliphatic hydroxyl groups excluding tert-OH is 1. The largest absolute Gasteiger partial charge is 0.756 e. The highest BCUT2D eigenvalue weighted by Gasteiger charge is 2.21. The first-order valence-corrected chi connectivity index (χ1v) is 25.3. The normalized spacial score (nSPS) is 14.8. The first kappa shape index (κ1) is 59.1. The molecular weight excluding hydrogens is 802 g/mol. The van der Waals surface area contributed by atoms with Crippen molar-refractivity contribution >= 4 is 19.8 Å². The number of nitrogens with zero attached hydrogens (tertiary/aromatic N) is 1. The van der Waals surface area contributed by atoms with E-state index in [4.69, 9.17) is 18.5 Å². The molecule has 0 saturated carbocycles. The number of quaternary nitrogens is 1. The molecule has 0 heterocycles. The summed E-state index contributed by atoms with van der Waals surface area (Å²) in [5, 5.41) is 9.83. The number of hydrogen-bond donors (Lipinski definition) is 1. The molecule has 3 atom stereocenters. The van der Waals surface area contributed by atoms with Crippen LogP contribution in [0.3, 0.4) is 0 Å². The second-order valence-corrected chi connectivity index (χ2v) is 18.3. The van der Waals surface area contributed by atoms with E-state index in [1.54, 1.807) is 0 Å². The van der Waals surface area contributed by atoms with Crippen molar-refractivity contribution in [2.45, 2.75) is 180 Å². The summed E-state index contributed by atoms with van der Waals surface area (Å²) in [4.78, 5) is 37.6. The van der Waals surface area contributed by atoms with Gasteiger partial charge in [-0.3, -0.25) is 14.2 Å². The molecule has 0 bridgehead atoms. The van der Waals surface area contributed by atoms with E-state index in [2.05, 4.69) is 74.6 Å². The van der Waals surface area contributed by atoms with Crippen molar-refractivity contribution in [2.24, 2.45) is 0 Å². The molecule has 0 amide bonds. The molecule has 0 radical (unpaired) electrons. The third-order valence-corrected chi connectivity index (χ3v) is 10.7. The van der Waals surface area contributed by atoms with Crippen molar-refractivity contribution < 1.29 is 47.2 Å². The number of aliphatic hydroxyl groups is 1. The number of phosphoric acid groups is 1. The third kappa shape index (κ3) is 45.2. The molecule has 0 spiro atoms. The molecular formula is C51H88NO9P. The van der Waals surface area contributed by atoms with Crippen molar-refractivity contribution in [1.82, 2.24) is 0 Å². The first-order chi connectivity index (χ1) is 29.9. The van der Waals surface area contributed by atoms with Crippen LogP contribution in [-0.4, -0.2) is 81.2 Å². The van der Waals surface area contributed by atoms with Crippen LogP contribution in [0, 0.1) is 0 Å². The van der Waals surface area contributed by atoms with E-state index in [1.807, 2.05) is 45.4 Å². The fourth-order valence-corrected chi connectivity index (χ4v) is 6.64.